The third-order valence-electron chi connectivity index (χ3n) is 2.61. The zero-order valence-corrected chi connectivity index (χ0v) is 9.54. The molecule has 0 aliphatic heterocycles. The van der Waals surface area contributed by atoms with Gasteiger partial charge in [0.15, 0.2) is 0 Å². The molecule has 0 bridgehead atoms. The Kier molecular flexibility index (Phi) is 4.47. The number of halogens is 6. The predicted octanol–water partition coefficient (Wildman–Crippen LogP) is 2.99. The van der Waals surface area contributed by atoms with E-state index in [-0.39, 0.29) is 20.0 Å². The second-order valence-corrected chi connectivity index (χ2v) is 3.60. The van der Waals surface area contributed by atoms with E-state index >= 15 is 0 Å². The third-order valence-corrected chi connectivity index (χ3v) is 2.61. The van der Waals surface area contributed by atoms with Crippen LogP contribution >= 0.6 is 0 Å². The monoisotopic (exact) mass is 265 g/mol. The molecule has 0 atom stereocenters. The molecular weight excluding hydrogens is 252 g/mol. The Morgan fingerprint density at radius 3 is 1.41 bits per heavy atom. The van der Waals surface area contributed by atoms with E-state index < -0.39 is 23.7 Å². The van der Waals surface area contributed by atoms with Gasteiger partial charge in [0.2, 0.25) is 11.3 Å². The molecule has 0 fully saturated rings. The van der Waals surface area contributed by atoms with Gasteiger partial charge in [-0.15, -0.1) is 0 Å². The van der Waals surface area contributed by atoms with Crippen molar-refractivity contribution in [2.24, 2.45) is 5.41 Å². The minimum atomic E-state index is -5.68. The van der Waals surface area contributed by atoms with Crippen molar-refractivity contribution in [3.05, 3.63) is 0 Å². The predicted molar refractivity (Wildman–Crippen MR) is 48.1 cm³/mol. The average molecular weight is 265 g/mol. The van der Waals surface area contributed by atoms with Crippen LogP contribution in [0, 0.1) is 5.41 Å². The molecule has 0 aromatic carbocycles. The second-order valence-electron chi connectivity index (χ2n) is 3.60. The molecule has 8 heteroatoms. The van der Waals surface area contributed by atoms with E-state index in [1.807, 2.05) is 0 Å². The molecule has 0 radical (unpaired) electrons. The molecule has 0 unspecified atom stereocenters. The van der Waals surface area contributed by atoms with Crippen molar-refractivity contribution in [2.45, 2.75) is 33.1 Å². The molecule has 0 rings (SSSR count). The zero-order valence-electron chi connectivity index (χ0n) is 9.54. The molecular formula is C9H13F6NO. The van der Waals surface area contributed by atoms with Gasteiger partial charge in [-0.1, -0.05) is 0 Å². The highest BCUT2D eigenvalue weighted by molar-refractivity contribution is 5.84. The first-order valence-electron chi connectivity index (χ1n) is 4.86. The minimum Gasteiger partial charge on any atom is -0.342 e. The standard InChI is InChI=1S/C9H13F6NO/c1-4-16(5-2)6(17)7(3,8(10,11)12)9(13,14)15/h4-5H2,1-3H3. The first-order chi connectivity index (χ1) is 7.43. The summed E-state index contributed by atoms with van der Waals surface area (Å²) in [6.45, 7) is 2.07. The fraction of sp³-hybridized carbons (Fsp3) is 0.889. The van der Waals surface area contributed by atoms with Crippen LogP contribution in [0.2, 0.25) is 0 Å². The van der Waals surface area contributed by atoms with Crippen molar-refractivity contribution in [3.8, 4) is 0 Å². The summed E-state index contributed by atoms with van der Waals surface area (Å²) in [5.41, 5.74) is -4.36. The van der Waals surface area contributed by atoms with Gasteiger partial charge in [-0.3, -0.25) is 4.79 Å². The number of nitrogens with zero attached hydrogens (tertiary/aromatic N) is 1. The summed E-state index contributed by atoms with van der Waals surface area (Å²) in [5, 5.41) is 0. The van der Waals surface area contributed by atoms with Crippen molar-refractivity contribution in [1.82, 2.24) is 4.90 Å². The van der Waals surface area contributed by atoms with Crippen LogP contribution in [-0.2, 0) is 4.79 Å². The molecule has 0 aliphatic rings. The first kappa shape index (κ1) is 16.1. The van der Waals surface area contributed by atoms with Crippen molar-refractivity contribution in [3.63, 3.8) is 0 Å². The van der Waals surface area contributed by atoms with Crippen LogP contribution in [0.4, 0.5) is 26.3 Å². The SMILES string of the molecule is CCN(CC)C(=O)C(C)(C(F)(F)F)C(F)(F)F. The third kappa shape index (κ3) is 2.66. The normalized spacial score (nSPS) is 13.7. The number of carbonyl (C=O) groups excluding carboxylic acids is 1. The van der Waals surface area contributed by atoms with E-state index in [0.29, 0.717) is 4.90 Å². The summed E-state index contributed by atoms with van der Waals surface area (Å²) in [5.74, 6) is -1.97. The van der Waals surface area contributed by atoms with Gasteiger partial charge in [-0.25, -0.2) is 0 Å². The van der Waals surface area contributed by atoms with Crippen molar-refractivity contribution < 1.29 is 31.1 Å². The van der Waals surface area contributed by atoms with Crippen LogP contribution in [0.5, 0.6) is 0 Å². The Bertz CT molecular complexity index is 264. The summed E-state index contributed by atoms with van der Waals surface area (Å²) >= 11 is 0. The van der Waals surface area contributed by atoms with E-state index in [2.05, 4.69) is 0 Å². The molecule has 0 saturated carbocycles. The summed E-state index contributed by atoms with van der Waals surface area (Å²) in [4.78, 5) is 11.9. The molecule has 0 N–H and O–H groups in total. The molecule has 17 heavy (non-hydrogen) atoms. The zero-order chi connectivity index (χ0) is 14.1. The number of carbonyl (C=O) groups is 1. The smallest absolute Gasteiger partial charge is 0.342 e. The van der Waals surface area contributed by atoms with Gasteiger partial charge in [0, 0.05) is 13.1 Å². The maximum absolute atomic E-state index is 12.5. The van der Waals surface area contributed by atoms with Crippen LogP contribution in [0.15, 0.2) is 0 Å². The Morgan fingerprint density at radius 2 is 1.24 bits per heavy atom. The topological polar surface area (TPSA) is 20.3 Å². The largest absolute Gasteiger partial charge is 0.411 e. The van der Waals surface area contributed by atoms with Crippen LogP contribution < -0.4 is 0 Å². The lowest BCUT2D eigenvalue weighted by atomic mass is 9.87. The minimum absolute atomic E-state index is 0.131. The first-order valence-corrected chi connectivity index (χ1v) is 4.86. The van der Waals surface area contributed by atoms with Crippen LogP contribution in [-0.4, -0.2) is 36.2 Å². The quantitative estimate of drug-likeness (QED) is 0.718. The number of alkyl halides is 6. The molecule has 2 nitrogen and oxygen atoms in total. The number of hydrogen-bond acceptors (Lipinski definition) is 1. The van der Waals surface area contributed by atoms with E-state index in [0.717, 1.165) is 0 Å². The van der Waals surface area contributed by atoms with Crippen LogP contribution in [0.25, 0.3) is 0 Å². The summed E-state index contributed by atoms with van der Waals surface area (Å²) < 4.78 is 75.1. The lowest BCUT2D eigenvalue weighted by molar-refractivity contribution is -0.322. The van der Waals surface area contributed by atoms with E-state index in [4.69, 9.17) is 0 Å². The van der Waals surface area contributed by atoms with Crippen LogP contribution in [0.1, 0.15) is 20.8 Å². The highest BCUT2D eigenvalue weighted by Gasteiger charge is 2.72. The van der Waals surface area contributed by atoms with Gasteiger partial charge in [-0.05, 0) is 20.8 Å². The van der Waals surface area contributed by atoms with Crippen molar-refractivity contribution >= 4 is 5.91 Å². The van der Waals surface area contributed by atoms with Gasteiger partial charge in [0.1, 0.15) is 0 Å². The molecule has 1 amide bonds. The lowest BCUT2D eigenvalue weighted by Gasteiger charge is -2.36. The highest BCUT2D eigenvalue weighted by Crippen LogP contribution is 2.51. The fourth-order valence-corrected chi connectivity index (χ4v) is 1.23. The Morgan fingerprint density at radius 1 is 0.941 bits per heavy atom. The molecule has 0 aliphatic carbocycles. The Labute approximate surface area is 94.6 Å². The molecule has 0 spiro atoms. The molecule has 0 aromatic heterocycles. The molecule has 0 aromatic rings. The molecule has 0 heterocycles. The van der Waals surface area contributed by atoms with E-state index in [1.165, 1.54) is 13.8 Å². The Hall–Kier alpha value is -0.950. The number of hydrogen-bond donors (Lipinski definition) is 0. The summed E-state index contributed by atoms with van der Waals surface area (Å²) in [6.07, 6.45) is -11.4. The maximum Gasteiger partial charge on any atom is 0.411 e. The van der Waals surface area contributed by atoms with Gasteiger partial charge in [-0.2, -0.15) is 26.3 Å². The molecule has 0 saturated heterocycles. The van der Waals surface area contributed by atoms with Crippen molar-refractivity contribution in [1.29, 1.82) is 0 Å². The summed E-state index contributed by atoms with van der Waals surface area (Å²) in [7, 11) is 0. The summed E-state index contributed by atoms with van der Waals surface area (Å²) in [6, 6.07) is 0. The number of amides is 1. The molecule has 102 valence electrons. The maximum atomic E-state index is 12.5. The van der Waals surface area contributed by atoms with E-state index in [1.54, 1.807) is 0 Å². The van der Waals surface area contributed by atoms with Crippen LogP contribution in [0.3, 0.4) is 0 Å². The van der Waals surface area contributed by atoms with Gasteiger partial charge >= 0.3 is 12.4 Å². The van der Waals surface area contributed by atoms with Gasteiger partial charge in [0.05, 0.1) is 0 Å². The average Bonchev–Trinajstić information content (AvgIpc) is 2.14. The van der Waals surface area contributed by atoms with E-state index in [9.17, 15) is 31.1 Å². The highest BCUT2D eigenvalue weighted by atomic mass is 19.4. The number of rotatable bonds is 3. The fourth-order valence-electron chi connectivity index (χ4n) is 1.23. The lowest BCUT2D eigenvalue weighted by Crippen LogP contribution is -2.58. The van der Waals surface area contributed by atoms with Gasteiger partial charge in [0.25, 0.3) is 0 Å². The second kappa shape index (κ2) is 4.73. The van der Waals surface area contributed by atoms with Gasteiger partial charge < -0.3 is 4.90 Å². The van der Waals surface area contributed by atoms with Crippen molar-refractivity contribution in [2.75, 3.05) is 13.1 Å². The Balaban J connectivity index is 5.59.